The maximum absolute atomic E-state index is 12.3. The molecule has 20 heavy (non-hydrogen) atoms. The number of carboxylic acid groups (broad SMARTS) is 1. The number of carbonyl (C=O) groups is 3. The molecule has 1 fully saturated rings. The van der Waals surface area contributed by atoms with E-state index in [1.54, 1.807) is 25.1 Å². The molecule has 0 radical (unpaired) electrons. The highest BCUT2D eigenvalue weighted by molar-refractivity contribution is 5.93. The highest BCUT2D eigenvalue weighted by Gasteiger charge is 2.29. The topological polar surface area (TPSA) is 86.7 Å². The summed E-state index contributed by atoms with van der Waals surface area (Å²) in [7, 11) is 0. The molecule has 0 aromatic heterocycles. The van der Waals surface area contributed by atoms with Crippen molar-refractivity contribution in [1.29, 1.82) is 0 Å². The van der Waals surface area contributed by atoms with Crippen molar-refractivity contribution in [2.45, 2.75) is 19.4 Å². The van der Waals surface area contributed by atoms with E-state index in [1.807, 2.05) is 0 Å². The molecule has 1 heterocycles. The third-order valence-corrected chi connectivity index (χ3v) is 3.41. The molecule has 0 bridgehead atoms. The zero-order valence-electron chi connectivity index (χ0n) is 11.1. The van der Waals surface area contributed by atoms with Crippen LogP contribution in [0, 0.1) is 0 Å². The molecule has 0 aliphatic carbocycles. The van der Waals surface area contributed by atoms with Crippen molar-refractivity contribution in [2.75, 3.05) is 13.1 Å². The molecule has 0 spiro atoms. The quantitative estimate of drug-likeness (QED) is 0.830. The predicted octanol–water partition coefficient (Wildman–Crippen LogP) is 0.274. The average Bonchev–Trinajstić information content (AvgIpc) is 2.42. The van der Waals surface area contributed by atoms with Gasteiger partial charge in [-0.05, 0) is 18.6 Å². The molecule has 1 unspecified atom stereocenters. The van der Waals surface area contributed by atoms with Crippen molar-refractivity contribution >= 4 is 17.8 Å². The fraction of sp³-hybridized carbons (Fsp3) is 0.357. The van der Waals surface area contributed by atoms with Crippen LogP contribution in [0.3, 0.4) is 0 Å². The molecule has 2 N–H and O–H groups in total. The number of nitrogens with zero attached hydrogens (tertiary/aromatic N) is 1. The second kappa shape index (κ2) is 5.73. The molecule has 6 heteroatoms. The Morgan fingerprint density at radius 1 is 1.40 bits per heavy atom. The van der Waals surface area contributed by atoms with E-state index in [9.17, 15) is 14.4 Å². The number of rotatable bonds is 3. The lowest BCUT2D eigenvalue weighted by Crippen LogP contribution is -2.56. The number of piperazine rings is 1. The molecule has 1 aliphatic rings. The van der Waals surface area contributed by atoms with Crippen molar-refractivity contribution < 1.29 is 19.5 Å². The van der Waals surface area contributed by atoms with Crippen LogP contribution in [0.4, 0.5) is 0 Å². The van der Waals surface area contributed by atoms with E-state index in [-0.39, 0.29) is 23.8 Å². The summed E-state index contributed by atoms with van der Waals surface area (Å²) < 4.78 is 0. The maximum atomic E-state index is 12.3. The van der Waals surface area contributed by atoms with Crippen LogP contribution in [0.25, 0.3) is 0 Å². The molecule has 2 amide bonds. The number of aromatic carboxylic acids is 1. The van der Waals surface area contributed by atoms with Crippen LogP contribution in [-0.4, -0.2) is 46.9 Å². The highest BCUT2D eigenvalue weighted by Crippen LogP contribution is 2.13. The molecular formula is C14H16N2O4. The molecule has 1 aromatic rings. The van der Waals surface area contributed by atoms with Crippen molar-refractivity contribution in [3.63, 3.8) is 0 Å². The second-order valence-electron chi connectivity index (χ2n) is 4.69. The third-order valence-electron chi connectivity index (χ3n) is 3.41. The second-order valence-corrected chi connectivity index (χ2v) is 4.69. The van der Waals surface area contributed by atoms with Gasteiger partial charge in [-0.2, -0.15) is 0 Å². The van der Waals surface area contributed by atoms with Gasteiger partial charge >= 0.3 is 5.97 Å². The van der Waals surface area contributed by atoms with Crippen LogP contribution >= 0.6 is 0 Å². The summed E-state index contributed by atoms with van der Waals surface area (Å²) in [6.45, 7) is 2.53. The minimum absolute atomic E-state index is 0.0138. The molecule has 1 atom stereocenters. The van der Waals surface area contributed by atoms with E-state index < -0.39 is 12.0 Å². The monoisotopic (exact) mass is 276 g/mol. The lowest BCUT2D eigenvalue weighted by molar-refractivity contribution is -0.142. The van der Waals surface area contributed by atoms with E-state index in [0.29, 0.717) is 18.7 Å². The SMILES string of the molecule is CC1C(=O)NCCN1C(=O)Cc1ccccc1C(=O)O. The van der Waals surface area contributed by atoms with Gasteiger partial charge in [0, 0.05) is 13.1 Å². The third kappa shape index (κ3) is 2.79. The van der Waals surface area contributed by atoms with Gasteiger partial charge < -0.3 is 15.3 Å². The number of benzene rings is 1. The van der Waals surface area contributed by atoms with Gasteiger partial charge in [-0.15, -0.1) is 0 Å². The fourth-order valence-corrected chi connectivity index (χ4v) is 2.27. The average molecular weight is 276 g/mol. The Morgan fingerprint density at radius 2 is 2.10 bits per heavy atom. The molecule has 1 aromatic carbocycles. The lowest BCUT2D eigenvalue weighted by atomic mass is 10.0. The van der Waals surface area contributed by atoms with Crippen LogP contribution in [0.15, 0.2) is 24.3 Å². The Kier molecular flexibility index (Phi) is 4.02. The molecule has 106 valence electrons. The summed E-state index contributed by atoms with van der Waals surface area (Å²) in [6.07, 6.45) is -0.0138. The number of nitrogens with one attached hydrogen (secondary N) is 1. The smallest absolute Gasteiger partial charge is 0.335 e. The van der Waals surface area contributed by atoms with E-state index in [0.717, 1.165) is 0 Å². The van der Waals surface area contributed by atoms with Gasteiger partial charge in [-0.25, -0.2) is 4.79 Å². The van der Waals surface area contributed by atoms with Crippen LogP contribution in [0.2, 0.25) is 0 Å². The van der Waals surface area contributed by atoms with E-state index in [2.05, 4.69) is 5.32 Å². The Balaban J connectivity index is 2.16. The van der Waals surface area contributed by atoms with Gasteiger partial charge in [-0.3, -0.25) is 9.59 Å². The minimum atomic E-state index is -1.06. The lowest BCUT2D eigenvalue weighted by Gasteiger charge is -2.33. The molecule has 0 saturated carbocycles. The van der Waals surface area contributed by atoms with Gasteiger partial charge in [0.05, 0.1) is 12.0 Å². The van der Waals surface area contributed by atoms with Crippen LogP contribution < -0.4 is 5.32 Å². The Morgan fingerprint density at radius 3 is 2.80 bits per heavy atom. The number of hydrogen-bond acceptors (Lipinski definition) is 3. The van der Waals surface area contributed by atoms with Crippen LogP contribution in [0.5, 0.6) is 0 Å². The summed E-state index contributed by atoms with van der Waals surface area (Å²) in [5, 5.41) is 11.8. The van der Waals surface area contributed by atoms with E-state index in [4.69, 9.17) is 5.11 Å². The summed E-state index contributed by atoms with van der Waals surface area (Å²) in [6, 6.07) is 5.89. The summed E-state index contributed by atoms with van der Waals surface area (Å²) >= 11 is 0. The number of hydrogen-bond donors (Lipinski definition) is 2. The van der Waals surface area contributed by atoms with Gasteiger partial charge in [0.25, 0.3) is 0 Å². The first-order valence-electron chi connectivity index (χ1n) is 6.39. The Bertz CT molecular complexity index is 556. The molecular weight excluding hydrogens is 260 g/mol. The van der Waals surface area contributed by atoms with Crippen molar-refractivity contribution in [3.8, 4) is 0 Å². The van der Waals surface area contributed by atoms with Crippen molar-refractivity contribution in [1.82, 2.24) is 10.2 Å². The van der Waals surface area contributed by atoms with Crippen molar-refractivity contribution in [3.05, 3.63) is 35.4 Å². The number of amides is 2. The fourth-order valence-electron chi connectivity index (χ4n) is 2.27. The number of carboxylic acids is 1. The van der Waals surface area contributed by atoms with Gasteiger partial charge in [0.1, 0.15) is 6.04 Å². The summed E-state index contributed by atoms with van der Waals surface area (Å²) in [5.41, 5.74) is 0.582. The first-order chi connectivity index (χ1) is 9.50. The Hall–Kier alpha value is -2.37. The van der Waals surface area contributed by atoms with E-state index in [1.165, 1.54) is 11.0 Å². The largest absolute Gasteiger partial charge is 0.478 e. The van der Waals surface area contributed by atoms with Crippen LogP contribution in [0.1, 0.15) is 22.8 Å². The normalized spacial score (nSPS) is 18.6. The predicted molar refractivity (Wildman–Crippen MR) is 71.3 cm³/mol. The highest BCUT2D eigenvalue weighted by atomic mass is 16.4. The zero-order valence-corrected chi connectivity index (χ0v) is 11.1. The summed E-state index contributed by atoms with van der Waals surface area (Å²) in [5.74, 6) is -1.48. The molecule has 1 saturated heterocycles. The standard InChI is InChI=1S/C14H16N2O4/c1-9-13(18)15-6-7-16(9)12(17)8-10-4-2-3-5-11(10)14(19)20/h2-5,9H,6-8H2,1H3,(H,15,18)(H,19,20). The van der Waals surface area contributed by atoms with Gasteiger partial charge in [0.15, 0.2) is 0 Å². The van der Waals surface area contributed by atoms with Crippen LogP contribution in [-0.2, 0) is 16.0 Å². The van der Waals surface area contributed by atoms with E-state index >= 15 is 0 Å². The first-order valence-corrected chi connectivity index (χ1v) is 6.39. The number of carbonyl (C=O) groups excluding carboxylic acids is 2. The Labute approximate surface area is 116 Å². The van der Waals surface area contributed by atoms with Gasteiger partial charge in [-0.1, -0.05) is 18.2 Å². The first kappa shape index (κ1) is 14.0. The van der Waals surface area contributed by atoms with Crippen molar-refractivity contribution in [2.24, 2.45) is 0 Å². The van der Waals surface area contributed by atoms with Gasteiger partial charge in [0.2, 0.25) is 11.8 Å². The maximum Gasteiger partial charge on any atom is 0.335 e. The molecule has 1 aliphatic heterocycles. The summed E-state index contributed by atoms with van der Waals surface area (Å²) in [4.78, 5) is 36.4. The zero-order chi connectivity index (χ0) is 14.7. The minimum Gasteiger partial charge on any atom is -0.478 e. The molecule has 2 rings (SSSR count). The molecule has 6 nitrogen and oxygen atoms in total.